The first-order valence-corrected chi connectivity index (χ1v) is 2.96. The number of hydrogen-bond acceptors (Lipinski definition) is 3. The summed E-state index contributed by atoms with van der Waals surface area (Å²) in [6, 6.07) is 0. The van der Waals surface area contributed by atoms with Crippen LogP contribution in [0.1, 0.15) is 13.8 Å². The standard InChI is InChI=1S/C6H11NO2/c1-6(2)7-5(3-8)4-9-6/h8H,3-4H2,1-2H3. The van der Waals surface area contributed by atoms with E-state index in [9.17, 15) is 0 Å². The number of hydrogen-bond donors (Lipinski definition) is 1. The maximum absolute atomic E-state index is 8.59. The van der Waals surface area contributed by atoms with Gasteiger partial charge in [-0.25, -0.2) is 0 Å². The van der Waals surface area contributed by atoms with Gasteiger partial charge >= 0.3 is 0 Å². The molecule has 0 bridgehead atoms. The lowest BCUT2D eigenvalue weighted by atomic mass is 10.3. The molecule has 52 valence electrons. The summed E-state index contributed by atoms with van der Waals surface area (Å²) in [6.07, 6.45) is 0. The smallest absolute Gasteiger partial charge is 0.154 e. The van der Waals surface area contributed by atoms with Gasteiger partial charge in [0.05, 0.1) is 18.9 Å². The van der Waals surface area contributed by atoms with Crippen LogP contribution in [0.2, 0.25) is 0 Å². The molecule has 0 radical (unpaired) electrons. The first-order valence-electron chi connectivity index (χ1n) is 2.96. The number of nitrogens with zero attached hydrogens (tertiary/aromatic N) is 1. The summed E-state index contributed by atoms with van der Waals surface area (Å²) in [5.74, 6) is 0. The summed E-state index contributed by atoms with van der Waals surface area (Å²) in [5.41, 5.74) is 0.331. The second kappa shape index (κ2) is 2.08. The molecular formula is C6H11NO2. The summed E-state index contributed by atoms with van der Waals surface area (Å²) in [5, 5.41) is 8.59. The van der Waals surface area contributed by atoms with Gasteiger partial charge in [-0.05, 0) is 13.8 Å². The van der Waals surface area contributed by atoms with Crippen molar-refractivity contribution in [3.05, 3.63) is 0 Å². The van der Waals surface area contributed by atoms with Crippen LogP contribution in [0.25, 0.3) is 0 Å². The Hall–Kier alpha value is -0.410. The normalized spacial score (nSPS) is 24.1. The molecule has 0 aromatic heterocycles. The maximum atomic E-state index is 8.59. The van der Waals surface area contributed by atoms with Crippen LogP contribution in [-0.4, -0.2) is 29.8 Å². The lowest BCUT2D eigenvalue weighted by molar-refractivity contribution is 0.0324. The Morgan fingerprint density at radius 2 is 2.44 bits per heavy atom. The summed E-state index contributed by atoms with van der Waals surface area (Å²) in [4.78, 5) is 4.08. The molecule has 0 atom stereocenters. The fraction of sp³-hybridized carbons (Fsp3) is 0.833. The van der Waals surface area contributed by atoms with E-state index in [4.69, 9.17) is 9.84 Å². The lowest BCUT2D eigenvalue weighted by Crippen LogP contribution is -2.15. The molecular weight excluding hydrogens is 118 g/mol. The van der Waals surface area contributed by atoms with E-state index >= 15 is 0 Å². The van der Waals surface area contributed by atoms with Crippen molar-refractivity contribution in [3.63, 3.8) is 0 Å². The molecule has 1 aliphatic heterocycles. The molecule has 9 heavy (non-hydrogen) atoms. The van der Waals surface area contributed by atoms with E-state index < -0.39 is 5.72 Å². The van der Waals surface area contributed by atoms with Crippen molar-refractivity contribution in [1.29, 1.82) is 0 Å². The zero-order valence-electron chi connectivity index (χ0n) is 5.72. The largest absolute Gasteiger partial charge is 0.390 e. The Morgan fingerprint density at radius 1 is 1.78 bits per heavy atom. The van der Waals surface area contributed by atoms with Crippen molar-refractivity contribution in [2.24, 2.45) is 4.99 Å². The zero-order chi connectivity index (χ0) is 6.91. The third-order valence-electron chi connectivity index (χ3n) is 1.20. The predicted octanol–water partition coefficient (Wildman–Crippen LogP) is 0.186. The molecule has 0 saturated heterocycles. The third kappa shape index (κ3) is 1.50. The number of aliphatic hydroxyl groups excluding tert-OH is 1. The Balaban J connectivity index is 2.61. The number of ether oxygens (including phenoxy) is 1. The fourth-order valence-corrected chi connectivity index (χ4v) is 0.786. The highest BCUT2D eigenvalue weighted by molar-refractivity contribution is 5.88. The molecule has 0 unspecified atom stereocenters. The molecule has 1 N–H and O–H groups in total. The Labute approximate surface area is 54.4 Å². The van der Waals surface area contributed by atoms with Gasteiger partial charge in [0.1, 0.15) is 0 Å². The first-order chi connectivity index (χ1) is 4.14. The minimum atomic E-state index is -0.405. The quantitative estimate of drug-likeness (QED) is 0.549. The van der Waals surface area contributed by atoms with Crippen molar-refractivity contribution in [2.75, 3.05) is 13.2 Å². The number of aliphatic imine (C=N–C) groups is 1. The van der Waals surface area contributed by atoms with E-state index in [2.05, 4.69) is 4.99 Å². The molecule has 1 rings (SSSR count). The second-order valence-corrected chi connectivity index (χ2v) is 2.57. The van der Waals surface area contributed by atoms with E-state index in [-0.39, 0.29) is 6.61 Å². The highest BCUT2D eigenvalue weighted by atomic mass is 16.5. The predicted molar refractivity (Wildman–Crippen MR) is 34.6 cm³/mol. The molecule has 1 aliphatic rings. The summed E-state index contributed by atoms with van der Waals surface area (Å²) in [6.45, 7) is 4.23. The van der Waals surface area contributed by atoms with Crippen molar-refractivity contribution >= 4 is 5.71 Å². The van der Waals surface area contributed by atoms with Crippen LogP contribution in [-0.2, 0) is 4.74 Å². The van der Waals surface area contributed by atoms with Gasteiger partial charge in [0, 0.05) is 0 Å². The van der Waals surface area contributed by atoms with E-state index in [1.54, 1.807) is 0 Å². The van der Waals surface area contributed by atoms with Crippen molar-refractivity contribution in [1.82, 2.24) is 0 Å². The number of rotatable bonds is 1. The molecule has 0 aromatic rings. The van der Waals surface area contributed by atoms with Crippen molar-refractivity contribution in [3.8, 4) is 0 Å². The van der Waals surface area contributed by atoms with Crippen LogP contribution in [0.4, 0.5) is 0 Å². The van der Waals surface area contributed by atoms with Gasteiger partial charge in [-0.1, -0.05) is 0 Å². The van der Waals surface area contributed by atoms with E-state index in [0.717, 1.165) is 5.71 Å². The Morgan fingerprint density at radius 3 is 2.67 bits per heavy atom. The average Bonchev–Trinajstić information content (AvgIpc) is 2.10. The first kappa shape index (κ1) is 6.71. The van der Waals surface area contributed by atoms with Gasteiger partial charge in [0.25, 0.3) is 0 Å². The van der Waals surface area contributed by atoms with Crippen LogP contribution in [0.3, 0.4) is 0 Å². The molecule has 0 saturated carbocycles. The topological polar surface area (TPSA) is 41.8 Å². The van der Waals surface area contributed by atoms with Crippen LogP contribution in [0.15, 0.2) is 4.99 Å². The SMILES string of the molecule is CC1(C)N=C(CO)CO1. The van der Waals surface area contributed by atoms with Crippen molar-refractivity contribution in [2.45, 2.75) is 19.6 Å². The molecule has 3 heteroatoms. The van der Waals surface area contributed by atoms with E-state index in [0.29, 0.717) is 6.61 Å². The maximum Gasteiger partial charge on any atom is 0.154 e. The fourth-order valence-electron chi connectivity index (χ4n) is 0.786. The molecule has 0 aliphatic carbocycles. The average molecular weight is 129 g/mol. The van der Waals surface area contributed by atoms with Gasteiger partial charge in [-0.15, -0.1) is 0 Å². The highest BCUT2D eigenvalue weighted by Crippen LogP contribution is 2.16. The van der Waals surface area contributed by atoms with Gasteiger partial charge < -0.3 is 9.84 Å². The Bertz CT molecular complexity index is 140. The van der Waals surface area contributed by atoms with Crippen LogP contribution in [0, 0.1) is 0 Å². The highest BCUT2D eigenvalue weighted by Gasteiger charge is 2.23. The molecule has 1 heterocycles. The summed E-state index contributed by atoms with van der Waals surface area (Å²) >= 11 is 0. The van der Waals surface area contributed by atoms with Gasteiger partial charge in [0.2, 0.25) is 0 Å². The third-order valence-corrected chi connectivity index (χ3v) is 1.20. The van der Waals surface area contributed by atoms with Crippen LogP contribution in [0.5, 0.6) is 0 Å². The minimum Gasteiger partial charge on any atom is -0.390 e. The van der Waals surface area contributed by atoms with Crippen LogP contribution < -0.4 is 0 Å². The molecule has 0 aromatic carbocycles. The monoisotopic (exact) mass is 129 g/mol. The molecule has 0 spiro atoms. The summed E-state index contributed by atoms with van der Waals surface area (Å²) < 4.78 is 5.18. The van der Waals surface area contributed by atoms with E-state index in [1.807, 2.05) is 13.8 Å². The van der Waals surface area contributed by atoms with Gasteiger partial charge in [0.15, 0.2) is 5.72 Å². The molecule has 0 amide bonds. The Kier molecular flexibility index (Phi) is 1.55. The number of aliphatic hydroxyl groups is 1. The molecule has 3 nitrogen and oxygen atoms in total. The van der Waals surface area contributed by atoms with Gasteiger partial charge in [-0.2, -0.15) is 0 Å². The van der Waals surface area contributed by atoms with Crippen LogP contribution >= 0.6 is 0 Å². The summed E-state index contributed by atoms with van der Waals surface area (Å²) in [7, 11) is 0. The van der Waals surface area contributed by atoms with Gasteiger partial charge in [-0.3, -0.25) is 4.99 Å². The lowest BCUT2D eigenvalue weighted by Gasteiger charge is -2.11. The zero-order valence-corrected chi connectivity index (χ0v) is 5.72. The molecule has 0 fully saturated rings. The van der Waals surface area contributed by atoms with Crippen molar-refractivity contribution < 1.29 is 9.84 Å². The minimum absolute atomic E-state index is 0.0173. The van der Waals surface area contributed by atoms with E-state index in [1.165, 1.54) is 0 Å². The second-order valence-electron chi connectivity index (χ2n) is 2.57.